The van der Waals surface area contributed by atoms with Crippen LogP contribution in [0.3, 0.4) is 0 Å². The van der Waals surface area contributed by atoms with Crippen LogP contribution < -0.4 is 44.7 Å². The molecule has 0 aliphatic heterocycles. The third kappa shape index (κ3) is 12.3. The molecule has 0 aliphatic carbocycles. The molecule has 0 spiro atoms. The van der Waals surface area contributed by atoms with Crippen molar-refractivity contribution in [1.29, 1.82) is 0 Å². The maximum atomic E-state index is 8.98. The molecule has 144 valence electrons. The van der Waals surface area contributed by atoms with Gasteiger partial charge >= 0.3 is 38.7 Å². The first-order valence-electron chi connectivity index (χ1n) is 6.95. The number of nitrogens with zero attached hydrogens (tertiary/aromatic N) is 4. The summed E-state index contributed by atoms with van der Waals surface area (Å²) in [5.74, 6) is 1.22. The molecular weight excluding hydrogens is 409 g/mol. The van der Waals surface area contributed by atoms with E-state index in [-0.39, 0.29) is 36.2 Å². The van der Waals surface area contributed by atoms with Crippen molar-refractivity contribution < 1.29 is 58.4 Å². The van der Waals surface area contributed by atoms with Crippen LogP contribution in [0, 0.1) is 29.2 Å². The summed E-state index contributed by atoms with van der Waals surface area (Å²) in [7, 11) is -3.38. The van der Waals surface area contributed by atoms with Gasteiger partial charge in [0.25, 0.3) is 0 Å². The van der Waals surface area contributed by atoms with Crippen molar-refractivity contribution in [3.8, 4) is 0 Å². The zero-order valence-corrected chi connectivity index (χ0v) is 18.8. The largest absolute Gasteiger partial charge is 1.00 e. The molecule has 4 N–H and O–H groups in total. The fraction of sp³-hybridized carbons (Fsp3) is 0.417. The molecule has 0 bridgehead atoms. The van der Waals surface area contributed by atoms with E-state index in [2.05, 4.69) is 14.5 Å². The molecule has 2 rings (SSSR count). The average Bonchev–Trinajstić information content (AvgIpc) is 2.82. The Kier molecular flexibility index (Phi) is 14.6. The number of hydrogen-bond acceptors (Lipinski definition) is 10. The van der Waals surface area contributed by atoms with Crippen molar-refractivity contribution in [3.05, 3.63) is 49.0 Å². The summed E-state index contributed by atoms with van der Waals surface area (Å²) in [6.45, 7) is 4.71. The van der Waals surface area contributed by atoms with Gasteiger partial charge in [0.2, 0.25) is 5.51 Å². The number of hydrogen-bond donors (Lipinski definition) is 3. The van der Waals surface area contributed by atoms with Gasteiger partial charge < -0.3 is 40.2 Å². The Bertz CT molecular complexity index is 729. The molecule has 27 heavy (non-hydrogen) atoms. The van der Waals surface area contributed by atoms with Gasteiger partial charge in [-0.15, -0.1) is 0 Å². The zero-order valence-electron chi connectivity index (χ0n) is 15.0. The maximum Gasteiger partial charge on any atom is 1.00 e. The number of aromatic nitrogens is 3. The second kappa shape index (κ2) is 14.4. The normalized spacial score (nSPS) is 9.00. The predicted molar refractivity (Wildman–Crippen MR) is 89.3 cm³/mol. The number of thiazole rings is 1. The fourth-order valence-electron chi connectivity index (χ4n) is 1.77. The Hall–Kier alpha value is -1.71. The van der Waals surface area contributed by atoms with Gasteiger partial charge in [-0.3, -0.25) is 0 Å². The van der Waals surface area contributed by atoms with E-state index in [0.29, 0.717) is 24.6 Å². The van der Waals surface area contributed by atoms with Crippen LogP contribution in [0.1, 0.15) is 22.0 Å². The number of nitrogens with two attached hydrogens (primary N) is 1. The Morgan fingerprint density at radius 3 is 2.37 bits per heavy atom. The van der Waals surface area contributed by atoms with Crippen molar-refractivity contribution in [2.45, 2.75) is 26.8 Å². The molecule has 15 heteroatoms. The molecule has 0 radical (unpaired) electrons. The molecule has 0 aromatic carbocycles. The van der Waals surface area contributed by atoms with Crippen LogP contribution in [-0.2, 0) is 17.4 Å². The van der Waals surface area contributed by atoms with Crippen LogP contribution in [0.25, 0.3) is 0 Å². The first-order valence-corrected chi connectivity index (χ1v) is 9.09. The van der Waals surface area contributed by atoms with E-state index in [1.165, 1.54) is 4.88 Å². The van der Waals surface area contributed by atoms with E-state index in [1.54, 1.807) is 17.5 Å². The van der Waals surface area contributed by atoms with Gasteiger partial charge in [0.05, 0.1) is 15.5 Å². The Labute approximate surface area is 182 Å². The second-order valence-corrected chi connectivity index (χ2v) is 6.12. The first-order chi connectivity index (χ1) is 12.1. The van der Waals surface area contributed by atoms with Crippen molar-refractivity contribution in [2.75, 3.05) is 12.3 Å². The molecule has 0 aliphatic rings. The van der Waals surface area contributed by atoms with Crippen molar-refractivity contribution in [1.82, 2.24) is 9.97 Å². The maximum absolute atomic E-state index is 8.98. The van der Waals surface area contributed by atoms with Gasteiger partial charge in [0, 0.05) is 26.1 Å². The molecular formula is C12H18N5NaO7SSi. The summed E-state index contributed by atoms with van der Waals surface area (Å²) in [6, 6.07) is 0. The van der Waals surface area contributed by atoms with E-state index in [0.717, 1.165) is 11.3 Å². The van der Waals surface area contributed by atoms with E-state index < -0.39 is 14.3 Å². The van der Waals surface area contributed by atoms with Crippen molar-refractivity contribution in [2.24, 2.45) is 0 Å². The van der Waals surface area contributed by atoms with Gasteiger partial charge in [0.15, 0.2) is 12.2 Å². The minimum absolute atomic E-state index is 0. The molecule has 2 aromatic rings. The van der Waals surface area contributed by atoms with Crippen molar-refractivity contribution in [3.63, 3.8) is 0 Å². The number of anilines is 1. The Balaban J connectivity index is 0. The Morgan fingerprint density at radius 2 is 1.93 bits per heavy atom. The van der Waals surface area contributed by atoms with Gasteiger partial charge in [-0.25, -0.2) is 9.97 Å². The monoisotopic (exact) mass is 427 g/mol. The minimum atomic E-state index is -3.38. The van der Waals surface area contributed by atoms with Crippen LogP contribution in [0.5, 0.6) is 0 Å². The first kappa shape index (κ1) is 27.5. The van der Waals surface area contributed by atoms with E-state index in [9.17, 15) is 0 Å². The van der Waals surface area contributed by atoms with Crippen LogP contribution in [-0.4, -0.2) is 40.7 Å². The van der Waals surface area contributed by atoms with E-state index >= 15 is 0 Å². The third-order valence-corrected chi connectivity index (χ3v) is 4.00. The van der Waals surface area contributed by atoms with Crippen LogP contribution in [0.2, 0.25) is 0 Å². The standard InChI is InChI=1S/C12H17N4OS.NO3.Na.HO3Si/c1-8-11(3-4-17)18-7-16(8)6-10-5-14-9(2)15-12(10)13;2-1(3)4;;1-4(2)3/h5,7,17H,3-4,6H2,1-2H3,(H2,13,14,15);;;1H/q+1;-1;+1;-1. The molecule has 0 saturated heterocycles. The molecule has 0 fully saturated rings. The molecule has 0 saturated carbocycles. The topological polar surface area (TPSA) is 202 Å². The average molecular weight is 427 g/mol. The summed E-state index contributed by atoms with van der Waals surface area (Å²) < 4.78 is 10.7. The number of aliphatic hydroxyl groups excluding tert-OH is 1. The number of nitrogen functional groups attached to an aromatic ring is 1. The minimum Gasteiger partial charge on any atom is -0.604 e. The second-order valence-electron chi connectivity index (χ2n) is 4.65. The number of aryl methyl sites for hydroxylation is 1. The molecule has 2 aromatic heterocycles. The quantitative estimate of drug-likeness (QED) is 0.184. The summed E-state index contributed by atoms with van der Waals surface area (Å²) in [6.07, 6.45) is 2.47. The van der Waals surface area contributed by atoms with Crippen LogP contribution in [0.15, 0.2) is 11.7 Å². The van der Waals surface area contributed by atoms with Crippen LogP contribution in [0.4, 0.5) is 5.82 Å². The molecule has 0 atom stereocenters. The Morgan fingerprint density at radius 1 is 1.41 bits per heavy atom. The van der Waals surface area contributed by atoms with Crippen molar-refractivity contribution >= 4 is 26.3 Å². The fourth-order valence-corrected chi connectivity index (χ4v) is 2.75. The number of aliphatic hydroxyl groups is 1. The molecule has 2 heterocycles. The van der Waals surface area contributed by atoms with Crippen LogP contribution >= 0.6 is 11.3 Å². The zero-order chi connectivity index (χ0) is 20.3. The van der Waals surface area contributed by atoms with Gasteiger partial charge in [0.1, 0.15) is 11.6 Å². The molecule has 0 unspecified atom stereocenters. The molecule has 0 amide bonds. The summed E-state index contributed by atoms with van der Waals surface area (Å²) in [5.41, 5.74) is 10.0. The summed E-state index contributed by atoms with van der Waals surface area (Å²) in [4.78, 5) is 33.5. The summed E-state index contributed by atoms with van der Waals surface area (Å²) >= 11 is 1.65. The molecule has 12 nitrogen and oxygen atoms in total. The van der Waals surface area contributed by atoms with Gasteiger partial charge in [-0.05, 0) is 6.92 Å². The van der Waals surface area contributed by atoms with Gasteiger partial charge in [-0.1, -0.05) is 11.3 Å². The van der Waals surface area contributed by atoms with E-state index in [4.69, 9.17) is 40.2 Å². The smallest absolute Gasteiger partial charge is 0.604 e. The SMILES string of the molecule is Cc1ncc(C[n+]2csc(CCO)c2C)c(N)n1.O=[N+]([O-])[O-].O=[Si]([O-])O.[Na+]. The third-order valence-electron chi connectivity index (χ3n) is 2.85. The summed E-state index contributed by atoms with van der Waals surface area (Å²) in [5, 5.41) is 23.7. The predicted octanol–water partition coefficient (Wildman–Crippen LogP) is -4.87. The van der Waals surface area contributed by atoms with E-state index in [1.807, 2.05) is 19.4 Å². The van der Waals surface area contributed by atoms with Gasteiger partial charge in [-0.2, -0.15) is 4.57 Å². The number of rotatable bonds is 4.